The summed E-state index contributed by atoms with van der Waals surface area (Å²) in [4.78, 5) is 11.1. The number of carboxylic acids is 1. The maximum Gasteiger partial charge on any atom is 0.326 e. The lowest BCUT2D eigenvalue weighted by molar-refractivity contribution is -0.137. The molecule has 1 aromatic heterocycles. The second kappa shape index (κ2) is 5.75. The van der Waals surface area contributed by atoms with Crippen molar-refractivity contribution in [1.29, 1.82) is 0 Å². The standard InChI is InChI=1S/C13H14ClN3O2/c1-2-10(13(18)19)16-11-6-3-5-9(14)12(11)17-8-4-7-15-17/h3-8,10,16H,2H2,1H3,(H,18,19). The van der Waals surface area contributed by atoms with E-state index in [0.717, 1.165) is 0 Å². The van der Waals surface area contributed by atoms with E-state index in [1.165, 1.54) is 0 Å². The molecule has 0 spiro atoms. The van der Waals surface area contributed by atoms with Crippen molar-refractivity contribution in [3.63, 3.8) is 0 Å². The third-order valence-corrected chi connectivity index (χ3v) is 3.06. The van der Waals surface area contributed by atoms with Crippen molar-refractivity contribution in [1.82, 2.24) is 9.78 Å². The van der Waals surface area contributed by atoms with Gasteiger partial charge in [-0.05, 0) is 24.6 Å². The van der Waals surface area contributed by atoms with E-state index >= 15 is 0 Å². The monoisotopic (exact) mass is 279 g/mol. The predicted molar refractivity (Wildman–Crippen MR) is 73.9 cm³/mol. The van der Waals surface area contributed by atoms with Crippen molar-refractivity contribution in [2.45, 2.75) is 19.4 Å². The minimum absolute atomic E-state index is 0.473. The lowest BCUT2D eigenvalue weighted by Gasteiger charge is -2.17. The van der Waals surface area contributed by atoms with Crippen LogP contribution in [0.5, 0.6) is 0 Å². The average Bonchev–Trinajstić information content (AvgIpc) is 2.89. The van der Waals surface area contributed by atoms with Crippen LogP contribution >= 0.6 is 11.6 Å². The molecule has 19 heavy (non-hydrogen) atoms. The van der Waals surface area contributed by atoms with Gasteiger partial charge in [-0.2, -0.15) is 5.10 Å². The number of hydrogen-bond donors (Lipinski definition) is 2. The second-order valence-electron chi connectivity index (χ2n) is 4.03. The summed E-state index contributed by atoms with van der Waals surface area (Å²) in [5.41, 5.74) is 1.29. The molecule has 0 amide bonds. The van der Waals surface area contributed by atoms with Crippen molar-refractivity contribution < 1.29 is 9.90 Å². The Balaban J connectivity index is 2.41. The highest BCUT2D eigenvalue weighted by Gasteiger charge is 2.18. The van der Waals surface area contributed by atoms with Gasteiger partial charge in [-0.15, -0.1) is 0 Å². The largest absolute Gasteiger partial charge is 0.480 e. The summed E-state index contributed by atoms with van der Waals surface area (Å²) in [6, 6.07) is 6.42. The number of nitrogens with one attached hydrogen (secondary N) is 1. The first kappa shape index (κ1) is 13.4. The summed E-state index contributed by atoms with van der Waals surface area (Å²) in [5.74, 6) is -0.895. The fraction of sp³-hybridized carbons (Fsp3) is 0.231. The highest BCUT2D eigenvalue weighted by molar-refractivity contribution is 6.33. The van der Waals surface area contributed by atoms with Gasteiger partial charge in [0.25, 0.3) is 0 Å². The molecular formula is C13H14ClN3O2. The smallest absolute Gasteiger partial charge is 0.326 e. The van der Waals surface area contributed by atoms with E-state index in [0.29, 0.717) is 22.8 Å². The number of anilines is 1. The molecule has 0 bridgehead atoms. The van der Waals surface area contributed by atoms with E-state index in [4.69, 9.17) is 16.7 Å². The zero-order valence-corrected chi connectivity index (χ0v) is 11.1. The highest BCUT2D eigenvalue weighted by Crippen LogP contribution is 2.28. The first-order valence-corrected chi connectivity index (χ1v) is 6.29. The van der Waals surface area contributed by atoms with Crippen molar-refractivity contribution in [3.05, 3.63) is 41.7 Å². The molecule has 5 nitrogen and oxygen atoms in total. The molecule has 100 valence electrons. The van der Waals surface area contributed by atoms with Gasteiger partial charge in [-0.1, -0.05) is 24.6 Å². The zero-order chi connectivity index (χ0) is 13.8. The summed E-state index contributed by atoms with van der Waals surface area (Å²) in [6.45, 7) is 1.81. The van der Waals surface area contributed by atoms with Crippen molar-refractivity contribution in [2.75, 3.05) is 5.32 Å². The van der Waals surface area contributed by atoms with E-state index in [2.05, 4.69) is 10.4 Å². The van der Waals surface area contributed by atoms with Crippen LogP contribution in [0.2, 0.25) is 5.02 Å². The molecule has 1 unspecified atom stereocenters. The minimum Gasteiger partial charge on any atom is -0.480 e. The minimum atomic E-state index is -0.895. The Kier molecular flexibility index (Phi) is 4.06. The molecular weight excluding hydrogens is 266 g/mol. The molecule has 2 rings (SSSR count). The predicted octanol–water partition coefficient (Wildman–Crippen LogP) is 2.80. The van der Waals surface area contributed by atoms with Crippen LogP contribution in [-0.4, -0.2) is 26.9 Å². The second-order valence-corrected chi connectivity index (χ2v) is 4.44. The molecule has 0 fully saturated rings. The van der Waals surface area contributed by atoms with Crippen LogP contribution < -0.4 is 5.32 Å². The molecule has 0 aliphatic rings. The number of aliphatic carboxylic acids is 1. The Labute approximate surface area is 115 Å². The quantitative estimate of drug-likeness (QED) is 0.883. The molecule has 0 saturated heterocycles. The Morgan fingerprint density at radius 3 is 2.89 bits per heavy atom. The molecule has 1 heterocycles. The molecule has 2 N–H and O–H groups in total. The van der Waals surface area contributed by atoms with Crippen LogP contribution in [0.25, 0.3) is 5.69 Å². The van der Waals surface area contributed by atoms with Gasteiger partial charge in [-0.25, -0.2) is 9.48 Å². The molecule has 6 heteroatoms. The summed E-state index contributed by atoms with van der Waals surface area (Å²) < 4.78 is 1.61. The Morgan fingerprint density at radius 1 is 1.53 bits per heavy atom. The Bertz CT molecular complexity index is 569. The van der Waals surface area contributed by atoms with Gasteiger partial charge in [-0.3, -0.25) is 0 Å². The zero-order valence-electron chi connectivity index (χ0n) is 10.4. The first-order chi connectivity index (χ1) is 9.13. The van der Waals surface area contributed by atoms with E-state index < -0.39 is 12.0 Å². The van der Waals surface area contributed by atoms with E-state index in [9.17, 15) is 4.79 Å². The number of benzene rings is 1. The average molecular weight is 280 g/mol. The van der Waals surface area contributed by atoms with Gasteiger partial charge >= 0.3 is 5.97 Å². The lowest BCUT2D eigenvalue weighted by Crippen LogP contribution is -2.28. The normalized spacial score (nSPS) is 12.1. The van der Waals surface area contributed by atoms with Gasteiger partial charge in [0.05, 0.1) is 10.7 Å². The summed E-state index contributed by atoms with van der Waals surface area (Å²) in [7, 11) is 0. The summed E-state index contributed by atoms with van der Waals surface area (Å²) in [5, 5.41) is 16.7. The SMILES string of the molecule is CCC(Nc1cccc(Cl)c1-n1cccn1)C(=O)O. The third-order valence-electron chi connectivity index (χ3n) is 2.76. The molecule has 0 saturated carbocycles. The maximum atomic E-state index is 11.1. The topological polar surface area (TPSA) is 67.2 Å². The van der Waals surface area contributed by atoms with Crippen molar-refractivity contribution in [3.8, 4) is 5.69 Å². The molecule has 0 aliphatic carbocycles. The van der Waals surface area contributed by atoms with Gasteiger partial charge in [0.2, 0.25) is 0 Å². The highest BCUT2D eigenvalue weighted by atomic mass is 35.5. The van der Waals surface area contributed by atoms with Crippen LogP contribution in [0.4, 0.5) is 5.69 Å². The molecule has 0 aliphatic heterocycles. The molecule has 1 atom stereocenters. The van der Waals surface area contributed by atoms with Crippen LogP contribution in [0, 0.1) is 0 Å². The van der Waals surface area contributed by atoms with Crippen LogP contribution in [0.15, 0.2) is 36.7 Å². The van der Waals surface area contributed by atoms with E-state index in [1.807, 2.05) is 6.92 Å². The number of para-hydroxylation sites is 1. The van der Waals surface area contributed by atoms with Crippen LogP contribution in [0.3, 0.4) is 0 Å². The molecule has 1 aromatic carbocycles. The third kappa shape index (κ3) is 2.88. The summed E-state index contributed by atoms with van der Waals surface area (Å²) in [6.07, 6.45) is 3.87. The van der Waals surface area contributed by atoms with Crippen LogP contribution in [-0.2, 0) is 4.79 Å². The number of hydrogen-bond acceptors (Lipinski definition) is 3. The van der Waals surface area contributed by atoms with Crippen molar-refractivity contribution in [2.24, 2.45) is 0 Å². The van der Waals surface area contributed by atoms with Gasteiger partial charge < -0.3 is 10.4 Å². The number of rotatable bonds is 5. The van der Waals surface area contributed by atoms with Crippen molar-refractivity contribution >= 4 is 23.3 Å². The number of nitrogens with zero attached hydrogens (tertiary/aromatic N) is 2. The molecule has 2 aromatic rings. The fourth-order valence-electron chi connectivity index (χ4n) is 1.79. The van der Waals surface area contributed by atoms with E-state index in [-0.39, 0.29) is 0 Å². The van der Waals surface area contributed by atoms with Gasteiger partial charge in [0.1, 0.15) is 11.7 Å². The Hall–Kier alpha value is -2.01. The fourth-order valence-corrected chi connectivity index (χ4v) is 2.05. The van der Waals surface area contributed by atoms with Gasteiger partial charge in [0, 0.05) is 12.4 Å². The van der Waals surface area contributed by atoms with Crippen LogP contribution in [0.1, 0.15) is 13.3 Å². The Morgan fingerprint density at radius 2 is 2.32 bits per heavy atom. The number of aromatic nitrogens is 2. The maximum absolute atomic E-state index is 11.1. The number of carboxylic acid groups (broad SMARTS) is 1. The first-order valence-electron chi connectivity index (χ1n) is 5.91. The van der Waals surface area contributed by atoms with Gasteiger partial charge in [0.15, 0.2) is 0 Å². The summed E-state index contributed by atoms with van der Waals surface area (Å²) >= 11 is 6.18. The van der Waals surface area contributed by atoms with E-state index in [1.54, 1.807) is 41.3 Å². The number of halogens is 1. The molecule has 0 radical (unpaired) electrons. The lowest BCUT2D eigenvalue weighted by atomic mass is 10.2. The number of carbonyl (C=O) groups is 1.